The Kier molecular flexibility index (Phi) is 28.6. The van der Waals surface area contributed by atoms with Gasteiger partial charge in [-0.3, -0.25) is 0 Å². The molecule has 1 heterocycles. The molecule has 1 unspecified atom stereocenters. The molecule has 43 heavy (non-hydrogen) atoms. The predicted octanol–water partition coefficient (Wildman–Crippen LogP) is 12.5. The second-order valence-corrected chi connectivity index (χ2v) is 12.8. The van der Waals surface area contributed by atoms with E-state index in [1.165, 1.54) is 135 Å². The summed E-state index contributed by atoms with van der Waals surface area (Å²) < 4.78 is 12.7. The van der Waals surface area contributed by atoms with Crippen LogP contribution >= 0.6 is 0 Å². The number of allylic oxidation sites excluding steroid dienone is 8. The van der Waals surface area contributed by atoms with Crippen molar-refractivity contribution in [1.29, 1.82) is 0 Å². The van der Waals surface area contributed by atoms with Gasteiger partial charge in [-0.1, -0.05) is 101 Å². The van der Waals surface area contributed by atoms with E-state index < -0.39 is 5.79 Å². The average molecular weight is 601 g/mol. The quantitative estimate of drug-likeness (QED) is 0.0635. The van der Waals surface area contributed by atoms with Crippen molar-refractivity contribution in [3.05, 3.63) is 48.6 Å². The number of ether oxygens (including phenoxy) is 2. The summed E-state index contributed by atoms with van der Waals surface area (Å²) in [5, 5.41) is 9.38. The summed E-state index contributed by atoms with van der Waals surface area (Å²) in [5.74, 6) is -0.416. The highest BCUT2D eigenvalue weighted by atomic mass is 16.7. The molecule has 0 saturated carbocycles. The molecule has 3 heteroatoms. The Morgan fingerprint density at radius 2 is 0.884 bits per heavy atom. The van der Waals surface area contributed by atoms with Crippen molar-refractivity contribution < 1.29 is 14.6 Å². The molecule has 0 bridgehead atoms. The molecular formula is C40H72O3. The molecule has 250 valence electrons. The van der Waals surface area contributed by atoms with Gasteiger partial charge in [0.05, 0.1) is 12.7 Å². The van der Waals surface area contributed by atoms with Crippen LogP contribution in [-0.4, -0.2) is 30.2 Å². The van der Waals surface area contributed by atoms with Crippen LogP contribution in [0.25, 0.3) is 0 Å². The lowest BCUT2D eigenvalue weighted by Gasteiger charge is -2.28. The molecular weight excluding hydrogens is 528 g/mol. The van der Waals surface area contributed by atoms with Gasteiger partial charge in [-0.05, 0) is 116 Å². The van der Waals surface area contributed by atoms with Gasteiger partial charge < -0.3 is 14.6 Å². The molecule has 1 aliphatic heterocycles. The lowest BCUT2D eigenvalue weighted by molar-refractivity contribution is -0.180. The minimum atomic E-state index is -0.416. The third-order valence-corrected chi connectivity index (χ3v) is 8.57. The molecule has 0 aromatic carbocycles. The Labute approximate surface area is 268 Å². The number of rotatable bonds is 31. The van der Waals surface area contributed by atoms with Gasteiger partial charge in [0.25, 0.3) is 0 Å². The summed E-state index contributed by atoms with van der Waals surface area (Å²) in [6.07, 6.45) is 50.6. The average Bonchev–Trinajstić information content (AvgIpc) is 3.41. The molecule has 1 rings (SSSR count). The molecule has 1 N–H and O–H groups in total. The standard InChI is InChI=1S/C40H72O3/c1-3-5-7-9-11-13-15-17-19-21-23-25-27-29-31-33-36-40(42-38-39(43-40)34-37-41)35-32-30-28-26-24-22-20-18-16-14-12-10-8-6-4-2/h10-13,22-25,39,41H,3-9,14-21,26-38H2,1-2H3/b12-10-,13-11-,24-22-,25-23-/t39-,40?/m0/s1. The van der Waals surface area contributed by atoms with Crippen molar-refractivity contribution >= 4 is 0 Å². The van der Waals surface area contributed by atoms with Crippen molar-refractivity contribution in [2.24, 2.45) is 0 Å². The van der Waals surface area contributed by atoms with E-state index in [0.29, 0.717) is 13.0 Å². The maximum atomic E-state index is 9.38. The van der Waals surface area contributed by atoms with E-state index in [9.17, 15) is 5.11 Å². The van der Waals surface area contributed by atoms with Crippen LogP contribution in [0.15, 0.2) is 48.6 Å². The smallest absolute Gasteiger partial charge is 0.168 e. The highest BCUT2D eigenvalue weighted by molar-refractivity contribution is 4.86. The number of aliphatic hydroxyl groups excluding tert-OH is 1. The van der Waals surface area contributed by atoms with Crippen LogP contribution in [0.3, 0.4) is 0 Å². The Balaban J connectivity index is 2.11. The van der Waals surface area contributed by atoms with Crippen molar-refractivity contribution in [3.63, 3.8) is 0 Å². The summed E-state index contributed by atoms with van der Waals surface area (Å²) in [6, 6.07) is 0. The first-order valence-corrected chi connectivity index (χ1v) is 18.8. The van der Waals surface area contributed by atoms with Gasteiger partial charge >= 0.3 is 0 Å². The second-order valence-electron chi connectivity index (χ2n) is 12.8. The predicted molar refractivity (Wildman–Crippen MR) is 189 cm³/mol. The first kappa shape index (κ1) is 39.9. The second kappa shape index (κ2) is 30.8. The van der Waals surface area contributed by atoms with Crippen LogP contribution in [-0.2, 0) is 9.47 Å². The van der Waals surface area contributed by atoms with Crippen molar-refractivity contribution in [1.82, 2.24) is 0 Å². The molecule has 0 aliphatic carbocycles. The zero-order valence-corrected chi connectivity index (χ0v) is 28.8. The highest BCUT2D eigenvalue weighted by Gasteiger charge is 2.40. The number of hydrogen-bond acceptors (Lipinski definition) is 3. The molecule has 1 saturated heterocycles. The minimum Gasteiger partial charge on any atom is -0.396 e. The topological polar surface area (TPSA) is 38.7 Å². The van der Waals surface area contributed by atoms with E-state index in [0.717, 1.165) is 25.7 Å². The van der Waals surface area contributed by atoms with Gasteiger partial charge in [-0.25, -0.2) is 0 Å². The van der Waals surface area contributed by atoms with Crippen LogP contribution < -0.4 is 0 Å². The van der Waals surface area contributed by atoms with Crippen LogP contribution in [0, 0.1) is 0 Å². The van der Waals surface area contributed by atoms with Crippen LogP contribution in [0.5, 0.6) is 0 Å². The molecule has 3 nitrogen and oxygen atoms in total. The van der Waals surface area contributed by atoms with Gasteiger partial charge in [-0.15, -0.1) is 0 Å². The molecule has 0 radical (unpaired) electrons. The summed E-state index contributed by atoms with van der Waals surface area (Å²) in [6.45, 7) is 5.33. The monoisotopic (exact) mass is 601 g/mol. The van der Waals surface area contributed by atoms with E-state index in [2.05, 4.69) is 62.5 Å². The Bertz CT molecular complexity index is 694. The lowest BCUT2D eigenvalue weighted by Crippen LogP contribution is -2.31. The fourth-order valence-corrected chi connectivity index (χ4v) is 5.78. The first-order valence-electron chi connectivity index (χ1n) is 18.8. The van der Waals surface area contributed by atoms with Gasteiger partial charge in [0.1, 0.15) is 0 Å². The van der Waals surface area contributed by atoms with Crippen LogP contribution in [0.1, 0.15) is 181 Å². The van der Waals surface area contributed by atoms with Gasteiger partial charge in [-0.2, -0.15) is 0 Å². The summed E-state index contributed by atoms with van der Waals surface area (Å²) in [5.41, 5.74) is 0. The maximum Gasteiger partial charge on any atom is 0.168 e. The largest absolute Gasteiger partial charge is 0.396 e. The third-order valence-electron chi connectivity index (χ3n) is 8.57. The fourth-order valence-electron chi connectivity index (χ4n) is 5.78. The molecule has 0 spiro atoms. The number of hydrogen-bond donors (Lipinski definition) is 1. The van der Waals surface area contributed by atoms with Crippen molar-refractivity contribution in [2.45, 2.75) is 193 Å². The zero-order chi connectivity index (χ0) is 30.9. The zero-order valence-electron chi connectivity index (χ0n) is 28.8. The highest BCUT2D eigenvalue weighted by Crippen LogP contribution is 2.35. The molecule has 1 aliphatic rings. The van der Waals surface area contributed by atoms with E-state index >= 15 is 0 Å². The Morgan fingerprint density at radius 3 is 1.28 bits per heavy atom. The summed E-state index contributed by atoms with van der Waals surface area (Å²) >= 11 is 0. The normalized spacial score (nSPS) is 19.4. The van der Waals surface area contributed by atoms with E-state index in [4.69, 9.17) is 9.47 Å². The van der Waals surface area contributed by atoms with Crippen molar-refractivity contribution in [3.8, 4) is 0 Å². The lowest BCUT2D eigenvalue weighted by atomic mass is 9.99. The molecule has 0 aromatic rings. The molecule has 1 fully saturated rings. The van der Waals surface area contributed by atoms with E-state index in [-0.39, 0.29) is 12.7 Å². The SMILES string of the molecule is CCCC/C=C\CCCC/C=C\CCCCCC1(CCCCC/C=C\CCCC/C=C\CCCCC)OC[C@H](CCO)O1. The number of unbranched alkanes of at least 4 members (excludes halogenated alkanes) is 17. The minimum absolute atomic E-state index is 0.0549. The van der Waals surface area contributed by atoms with Crippen LogP contribution in [0.4, 0.5) is 0 Å². The third kappa shape index (κ3) is 24.8. The van der Waals surface area contributed by atoms with Crippen LogP contribution in [0.2, 0.25) is 0 Å². The van der Waals surface area contributed by atoms with Gasteiger partial charge in [0, 0.05) is 19.4 Å². The Morgan fingerprint density at radius 1 is 0.512 bits per heavy atom. The summed E-state index contributed by atoms with van der Waals surface area (Å²) in [7, 11) is 0. The van der Waals surface area contributed by atoms with Gasteiger partial charge in [0.2, 0.25) is 0 Å². The van der Waals surface area contributed by atoms with E-state index in [1.807, 2.05) is 0 Å². The molecule has 0 aromatic heterocycles. The molecule has 2 atom stereocenters. The van der Waals surface area contributed by atoms with Gasteiger partial charge in [0.15, 0.2) is 5.79 Å². The first-order chi connectivity index (χ1) is 21.3. The maximum absolute atomic E-state index is 9.38. The summed E-state index contributed by atoms with van der Waals surface area (Å²) in [4.78, 5) is 0. The Hall–Kier alpha value is -1.16. The number of aliphatic hydroxyl groups is 1. The van der Waals surface area contributed by atoms with E-state index in [1.54, 1.807) is 0 Å². The molecule has 0 amide bonds. The van der Waals surface area contributed by atoms with Crippen molar-refractivity contribution in [2.75, 3.05) is 13.2 Å². The fraction of sp³-hybridized carbons (Fsp3) is 0.800.